The lowest BCUT2D eigenvalue weighted by Gasteiger charge is -2.24. The summed E-state index contributed by atoms with van der Waals surface area (Å²) in [5, 5.41) is 5.38. The summed E-state index contributed by atoms with van der Waals surface area (Å²) in [7, 11) is -2.17. The van der Waals surface area contributed by atoms with Gasteiger partial charge in [-0.3, -0.25) is 9.48 Å². The summed E-state index contributed by atoms with van der Waals surface area (Å²) in [6.45, 7) is 9.65. The molecule has 4 aromatic rings. The highest BCUT2D eigenvalue weighted by Gasteiger charge is 2.37. The molecule has 0 radical (unpaired) electrons. The van der Waals surface area contributed by atoms with Gasteiger partial charge in [-0.2, -0.15) is 5.10 Å². The lowest BCUT2D eigenvalue weighted by Crippen LogP contribution is -2.35. The van der Waals surface area contributed by atoms with Crippen molar-refractivity contribution in [1.29, 1.82) is 0 Å². The van der Waals surface area contributed by atoms with E-state index in [2.05, 4.69) is 21.4 Å². The van der Waals surface area contributed by atoms with Crippen molar-refractivity contribution >= 4 is 44.5 Å². The summed E-state index contributed by atoms with van der Waals surface area (Å²) in [6, 6.07) is 11.9. The van der Waals surface area contributed by atoms with Crippen LogP contribution in [0.15, 0.2) is 36.4 Å². The predicted molar refractivity (Wildman–Crippen MR) is 200 cm³/mol. The normalized spacial score (nSPS) is 16.5. The molecule has 270 valence electrons. The highest BCUT2D eigenvalue weighted by atomic mass is 32.2. The largest absolute Gasteiger partial charge is 0.497 e. The van der Waals surface area contributed by atoms with Crippen molar-refractivity contribution in [2.24, 2.45) is 0 Å². The Morgan fingerprint density at radius 2 is 1.73 bits per heavy atom. The van der Waals surface area contributed by atoms with Crippen LogP contribution in [0.2, 0.25) is 0 Å². The lowest BCUT2D eigenvalue weighted by molar-refractivity contribution is 0.0524. The average molecular weight is 713 g/mol. The molecule has 1 N–H and O–H groups in total. The minimum Gasteiger partial charge on any atom is -0.497 e. The molecule has 0 bridgehead atoms. The quantitative estimate of drug-likeness (QED) is 0.165. The number of aromatic nitrogens is 3. The first-order chi connectivity index (χ1) is 24.4. The Morgan fingerprint density at radius 3 is 2.37 bits per heavy atom. The first kappa shape index (κ1) is 35.0. The van der Waals surface area contributed by atoms with E-state index in [1.54, 1.807) is 27.0 Å². The lowest BCUT2D eigenvalue weighted by atomic mass is 9.81. The van der Waals surface area contributed by atoms with Gasteiger partial charge in [-0.15, -0.1) is 0 Å². The van der Waals surface area contributed by atoms with Crippen molar-refractivity contribution in [1.82, 2.24) is 19.1 Å². The molecule has 2 saturated carbocycles. The Hall–Kier alpha value is -4.38. The third-order valence-electron chi connectivity index (χ3n) is 10.6. The smallest absolute Gasteiger partial charge is 0.342 e. The van der Waals surface area contributed by atoms with Crippen LogP contribution in [-0.4, -0.2) is 53.6 Å². The maximum atomic E-state index is 13.8. The Bertz CT molecular complexity index is 2160. The number of amides is 1. The van der Waals surface area contributed by atoms with Gasteiger partial charge in [0.15, 0.2) is 0 Å². The van der Waals surface area contributed by atoms with Crippen LogP contribution in [-0.2, 0) is 21.3 Å². The maximum Gasteiger partial charge on any atom is 0.342 e. The fraction of sp³-hybridized carbons (Fsp3) is 0.475. The molecule has 2 aromatic heterocycles. The molecule has 2 aliphatic carbocycles. The molecule has 51 heavy (non-hydrogen) atoms. The Labute approximate surface area is 300 Å². The van der Waals surface area contributed by atoms with Crippen molar-refractivity contribution in [2.45, 2.75) is 109 Å². The van der Waals surface area contributed by atoms with Gasteiger partial charge in [-0.25, -0.2) is 17.9 Å². The zero-order valence-electron chi connectivity index (χ0n) is 30.4. The van der Waals surface area contributed by atoms with Crippen LogP contribution in [0.5, 0.6) is 5.75 Å². The zero-order chi connectivity index (χ0) is 36.2. The standard InChI is InChI=1S/C40H48N4O6S/c1-7-50-40(46)35-36(23(2)3)41-44(29-14-15-29)37(35)28-19-27-20-30(49-6)16-18-31(27)38-34(25-11-9-8-10-12-25)32-17-13-26(21-33(32)43(38)22-28)39(45)42-51(47,48)24(4)5/h13,16-21,23-25,29H,7-12,14-15,22H2,1-6H3,(H,42,45). The second kappa shape index (κ2) is 13.6. The molecule has 0 unspecified atom stereocenters. The van der Waals surface area contributed by atoms with Gasteiger partial charge < -0.3 is 14.0 Å². The van der Waals surface area contributed by atoms with E-state index < -0.39 is 21.2 Å². The number of rotatable bonds is 10. The monoisotopic (exact) mass is 712 g/mol. The predicted octanol–water partition coefficient (Wildman–Crippen LogP) is 8.22. The van der Waals surface area contributed by atoms with Gasteiger partial charge in [-0.1, -0.05) is 39.2 Å². The second-order valence-electron chi connectivity index (χ2n) is 14.7. The van der Waals surface area contributed by atoms with Crippen LogP contribution < -0.4 is 9.46 Å². The number of carbonyl (C=O) groups is 2. The number of nitrogens with zero attached hydrogens (tertiary/aromatic N) is 3. The molecule has 1 aliphatic heterocycles. The van der Waals surface area contributed by atoms with Crippen molar-refractivity contribution in [3.8, 4) is 17.0 Å². The molecule has 3 aliphatic rings. The molecule has 0 spiro atoms. The first-order valence-corrected chi connectivity index (χ1v) is 19.9. The molecule has 1 amide bonds. The highest BCUT2D eigenvalue weighted by molar-refractivity contribution is 7.90. The molecule has 2 aromatic carbocycles. The minimum absolute atomic E-state index is 0.00835. The topological polar surface area (TPSA) is 122 Å². The van der Waals surface area contributed by atoms with E-state index in [4.69, 9.17) is 14.6 Å². The molecule has 0 saturated heterocycles. The van der Waals surface area contributed by atoms with Crippen LogP contribution >= 0.6 is 0 Å². The molecule has 10 nitrogen and oxygen atoms in total. The molecule has 3 heterocycles. The molecule has 11 heteroatoms. The Kier molecular flexibility index (Phi) is 9.37. The van der Waals surface area contributed by atoms with Gasteiger partial charge in [0, 0.05) is 22.0 Å². The van der Waals surface area contributed by atoms with Crippen LogP contribution in [0.4, 0.5) is 0 Å². The van der Waals surface area contributed by atoms with E-state index in [9.17, 15) is 18.0 Å². The highest BCUT2D eigenvalue weighted by Crippen LogP contribution is 2.49. The minimum atomic E-state index is -3.84. The van der Waals surface area contributed by atoms with Crippen LogP contribution in [0.25, 0.3) is 33.8 Å². The number of benzene rings is 2. The van der Waals surface area contributed by atoms with Gasteiger partial charge in [-0.05, 0) is 111 Å². The van der Waals surface area contributed by atoms with Crippen LogP contribution in [0, 0.1) is 0 Å². The van der Waals surface area contributed by atoms with E-state index in [1.165, 1.54) is 12.0 Å². The van der Waals surface area contributed by atoms with Gasteiger partial charge in [0.25, 0.3) is 5.91 Å². The fourth-order valence-electron chi connectivity index (χ4n) is 7.78. The summed E-state index contributed by atoms with van der Waals surface area (Å²) in [5.74, 6) is -0.0129. The SMILES string of the molecule is CCOC(=O)c1c(C(C)C)nn(C2CC2)c1C1=Cc2cc(OC)ccc2-c2c(C3CCCCC3)c3ccc(C(=O)NS(=O)(=O)C(C)C)cc3n2C1. The van der Waals surface area contributed by atoms with E-state index >= 15 is 0 Å². The number of fused-ring (bicyclic) bond motifs is 5. The van der Waals surface area contributed by atoms with E-state index in [0.29, 0.717) is 18.0 Å². The summed E-state index contributed by atoms with van der Waals surface area (Å²) < 4.78 is 43.5. The van der Waals surface area contributed by atoms with Crippen LogP contribution in [0.1, 0.15) is 141 Å². The van der Waals surface area contributed by atoms with Crippen molar-refractivity contribution in [3.05, 3.63) is 70.0 Å². The van der Waals surface area contributed by atoms with Gasteiger partial charge in [0.1, 0.15) is 11.3 Å². The number of nitrogens with one attached hydrogen (secondary N) is 1. The van der Waals surface area contributed by atoms with E-state index in [-0.39, 0.29) is 30.1 Å². The number of ether oxygens (including phenoxy) is 2. The molecule has 0 atom stereocenters. The third-order valence-corrected chi connectivity index (χ3v) is 12.3. The number of hydrogen-bond donors (Lipinski definition) is 1. The molecule has 7 rings (SSSR count). The third kappa shape index (κ3) is 6.38. The van der Waals surface area contributed by atoms with E-state index in [1.807, 2.05) is 49.7 Å². The summed E-state index contributed by atoms with van der Waals surface area (Å²) >= 11 is 0. The summed E-state index contributed by atoms with van der Waals surface area (Å²) in [4.78, 5) is 27.3. The maximum absolute atomic E-state index is 13.8. The number of carbonyl (C=O) groups excluding carboxylic acids is 2. The average Bonchev–Trinajstić information content (AvgIpc) is 3.83. The summed E-state index contributed by atoms with van der Waals surface area (Å²) in [5.41, 5.74) is 8.32. The second-order valence-corrected chi connectivity index (χ2v) is 17.0. The van der Waals surface area contributed by atoms with Crippen molar-refractivity contribution < 1.29 is 27.5 Å². The number of hydrogen-bond acceptors (Lipinski definition) is 7. The Balaban J connectivity index is 1.52. The fourth-order valence-corrected chi connectivity index (χ4v) is 8.40. The number of esters is 1. The van der Waals surface area contributed by atoms with Gasteiger partial charge in [0.05, 0.1) is 48.6 Å². The number of sulfonamides is 1. The molecular weight excluding hydrogens is 665 g/mol. The first-order valence-electron chi connectivity index (χ1n) is 18.3. The van der Waals surface area contributed by atoms with Gasteiger partial charge >= 0.3 is 5.97 Å². The Morgan fingerprint density at radius 1 is 0.980 bits per heavy atom. The summed E-state index contributed by atoms with van der Waals surface area (Å²) in [6.07, 6.45) is 9.74. The number of allylic oxidation sites excluding steroid dienone is 1. The zero-order valence-corrected chi connectivity index (χ0v) is 31.2. The molecular formula is C40H48N4O6S. The number of methoxy groups -OCH3 is 1. The van der Waals surface area contributed by atoms with Crippen LogP contribution in [0.3, 0.4) is 0 Å². The van der Waals surface area contributed by atoms with Crippen molar-refractivity contribution in [2.75, 3.05) is 13.7 Å². The van der Waals surface area contributed by atoms with E-state index in [0.717, 1.165) is 89.0 Å². The molecule has 2 fully saturated rings. The van der Waals surface area contributed by atoms with Gasteiger partial charge in [0.2, 0.25) is 10.0 Å². The van der Waals surface area contributed by atoms with Crippen molar-refractivity contribution in [3.63, 3.8) is 0 Å².